The number of nitrogens with one attached hydrogen (secondary N) is 1. The predicted molar refractivity (Wildman–Crippen MR) is 118 cm³/mol. The lowest BCUT2D eigenvalue weighted by Crippen LogP contribution is -2.19. The summed E-state index contributed by atoms with van der Waals surface area (Å²) in [7, 11) is 0. The summed E-state index contributed by atoms with van der Waals surface area (Å²) in [5.74, 6) is -0.106. The number of nitro benzene ring substituents is 1. The summed E-state index contributed by atoms with van der Waals surface area (Å²) in [5, 5.41) is 30.1. The summed E-state index contributed by atoms with van der Waals surface area (Å²) in [5.41, 5.74) is 8.84. The number of nitro groups is 1. The van der Waals surface area contributed by atoms with Gasteiger partial charge in [0.15, 0.2) is 5.69 Å². The molecule has 0 aliphatic rings. The summed E-state index contributed by atoms with van der Waals surface area (Å²) >= 11 is 0. The van der Waals surface area contributed by atoms with Crippen LogP contribution in [0.1, 0.15) is 23.0 Å². The maximum absolute atomic E-state index is 12.9. The van der Waals surface area contributed by atoms with Crippen molar-refractivity contribution in [2.24, 2.45) is 5.10 Å². The first-order chi connectivity index (χ1) is 16.5. The van der Waals surface area contributed by atoms with Gasteiger partial charge in [-0.05, 0) is 47.6 Å². The molecule has 14 nitrogen and oxygen atoms in total. The lowest BCUT2D eigenvalue weighted by atomic mass is 10.1. The molecule has 0 radical (unpaired) electrons. The zero-order valence-electron chi connectivity index (χ0n) is 17.7. The molecular weight excluding hydrogens is 446 g/mol. The van der Waals surface area contributed by atoms with Crippen molar-refractivity contribution < 1.29 is 19.1 Å². The number of hydrazone groups is 1. The second-order valence-corrected chi connectivity index (χ2v) is 6.64. The van der Waals surface area contributed by atoms with Gasteiger partial charge in [-0.25, -0.2) is 10.1 Å². The molecular formula is C20H17N9O5. The monoisotopic (exact) mass is 463 g/mol. The molecule has 172 valence electrons. The number of hydrogen-bond donors (Lipinski definition) is 2. The average molecular weight is 463 g/mol. The zero-order valence-corrected chi connectivity index (χ0v) is 17.7. The third kappa shape index (κ3) is 4.40. The first-order valence-corrected chi connectivity index (χ1v) is 9.83. The van der Waals surface area contributed by atoms with Gasteiger partial charge in [0.05, 0.1) is 23.3 Å². The molecule has 0 fully saturated rings. The van der Waals surface area contributed by atoms with Gasteiger partial charge >= 0.3 is 0 Å². The molecule has 0 aliphatic heterocycles. The maximum atomic E-state index is 12.9. The van der Waals surface area contributed by atoms with E-state index in [4.69, 9.17) is 10.5 Å². The number of para-hydroxylation sites is 1. The van der Waals surface area contributed by atoms with Crippen LogP contribution in [0.3, 0.4) is 0 Å². The molecule has 34 heavy (non-hydrogen) atoms. The van der Waals surface area contributed by atoms with Crippen molar-refractivity contribution in [2.75, 3.05) is 12.3 Å². The van der Waals surface area contributed by atoms with Crippen molar-refractivity contribution in [3.05, 3.63) is 69.9 Å². The molecule has 0 bridgehead atoms. The molecule has 2 aromatic carbocycles. The topological polar surface area (TPSA) is 189 Å². The van der Waals surface area contributed by atoms with Gasteiger partial charge in [-0.2, -0.15) is 9.78 Å². The van der Waals surface area contributed by atoms with Gasteiger partial charge in [0, 0.05) is 11.6 Å². The third-order valence-electron chi connectivity index (χ3n) is 4.52. The molecule has 2 heterocycles. The van der Waals surface area contributed by atoms with Crippen LogP contribution >= 0.6 is 0 Å². The first-order valence-electron chi connectivity index (χ1n) is 9.83. The summed E-state index contributed by atoms with van der Waals surface area (Å²) < 4.78 is 11.3. The van der Waals surface area contributed by atoms with E-state index in [1.165, 1.54) is 22.9 Å². The summed E-state index contributed by atoms with van der Waals surface area (Å²) in [6.07, 6.45) is 1.16. The molecule has 14 heteroatoms. The van der Waals surface area contributed by atoms with Crippen molar-refractivity contribution in [3.63, 3.8) is 0 Å². The van der Waals surface area contributed by atoms with E-state index < -0.39 is 10.8 Å². The second-order valence-electron chi connectivity index (χ2n) is 6.64. The summed E-state index contributed by atoms with van der Waals surface area (Å²) in [4.78, 5) is 23.5. The number of carbonyl (C=O) groups is 1. The molecule has 4 aromatic rings. The van der Waals surface area contributed by atoms with E-state index >= 15 is 0 Å². The first kappa shape index (κ1) is 22.1. The highest BCUT2D eigenvalue weighted by Crippen LogP contribution is 2.28. The van der Waals surface area contributed by atoms with Crippen LogP contribution in [0.25, 0.3) is 17.1 Å². The quantitative estimate of drug-likeness (QED) is 0.222. The smallest absolute Gasteiger partial charge is 0.294 e. The van der Waals surface area contributed by atoms with Crippen LogP contribution in [0, 0.1) is 10.1 Å². The Morgan fingerprint density at radius 3 is 2.71 bits per heavy atom. The Hall–Kier alpha value is -5.14. The number of aromatic nitrogens is 5. The van der Waals surface area contributed by atoms with Gasteiger partial charge in [-0.3, -0.25) is 14.9 Å². The number of rotatable bonds is 8. The Balaban J connectivity index is 1.68. The minimum Gasteiger partial charge on any atom is -0.494 e. The molecule has 0 atom stereocenters. The van der Waals surface area contributed by atoms with Gasteiger partial charge < -0.3 is 10.5 Å². The molecule has 0 unspecified atom stereocenters. The van der Waals surface area contributed by atoms with E-state index in [1.807, 2.05) is 6.92 Å². The van der Waals surface area contributed by atoms with Crippen LogP contribution < -0.4 is 15.9 Å². The number of nitrogens with zero attached hydrogens (tertiary/aromatic N) is 7. The van der Waals surface area contributed by atoms with Crippen molar-refractivity contribution in [2.45, 2.75) is 6.92 Å². The van der Waals surface area contributed by atoms with Gasteiger partial charge in [-0.1, -0.05) is 17.3 Å². The molecule has 4 rings (SSSR count). The van der Waals surface area contributed by atoms with Crippen LogP contribution in [-0.2, 0) is 0 Å². The number of anilines is 1. The molecule has 0 aliphatic carbocycles. The highest BCUT2D eigenvalue weighted by atomic mass is 16.6. The van der Waals surface area contributed by atoms with Crippen LogP contribution in [0.2, 0.25) is 0 Å². The van der Waals surface area contributed by atoms with Crippen molar-refractivity contribution in [1.82, 2.24) is 30.7 Å². The number of amides is 1. The number of hydrogen-bond acceptors (Lipinski definition) is 11. The molecule has 1 amide bonds. The summed E-state index contributed by atoms with van der Waals surface area (Å²) in [6, 6.07) is 12.8. The van der Waals surface area contributed by atoms with Crippen molar-refractivity contribution in [1.29, 1.82) is 0 Å². The van der Waals surface area contributed by atoms with Crippen LogP contribution in [0.5, 0.6) is 5.75 Å². The number of carbonyl (C=O) groups excluding carboxylic acids is 1. The van der Waals surface area contributed by atoms with Gasteiger partial charge in [0.1, 0.15) is 11.4 Å². The largest absolute Gasteiger partial charge is 0.494 e. The lowest BCUT2D eigenvalue weighted by molar-refractivity contribution is -0.385. The third-order valence-corrected chi connectivity index (χ3v) is 4.52. The fraction of sp³-hybridized carbons (Fsp3) is 0.100. The fourth-order valence-corrected chi connectivity index (χ4v) is 3.03. The Kier molecular flexibility index (Phi) is 6.20. The Morgan fingerprint density at radius 1 is 1.26 bits per heavy atom. The van der Waals surface area contributed by atoms with E-state index in [9.17, 15) is 14.9 Å². The maximum Gasteiger partial charge on any atom is 0.294 e. The highest BCUT2D eigenvalue weighted by Gasteiger charge is 2.25. The van der Waals surface area contributed by atoms with Crippen LogP contribution in [0.15, 0.2) is 58.3 Å². The minimum atomic E-state index is -0.722. The predicted octanol–water partition coefficient (Wildman–Crippen LogP) is 1.97. The standard InChI is InChI=1S/C20H17N9O5/c1-2-33-14-9-7-12(8-10-14)17-16(23-27-28(17)19-18(21)25-34-26-19)20(30)24-22-11-13-5-3-4-6-15(13)29(31)32/h3-11H,2H2,1H3,(H2,21,25)(H,24,30)/b22-11+. The number of nitrogens with two attached hydrogens (primary N) is 1. The molecule has 2 aromatic heterocycles. The molecule has 3 N–H and O–H groups in total. The van der Waals surface area contributed by atoms with Crippen LogP contribution in [-0.4, -0.2) is 49.0 Å². The zero-order chi connectivity index (χ0) is 24.1. The second kappa shape index (κ2) is 9.56. The number of nitrogen functional groups attached to an aromatic ring is 1. The Bertz CT molecular complexity index is 1360. The number of ether oxygens (including phenoxy) is 1. The van der Waals surface area contributed by atoms with Gasteiger partial charge in [-0.15, -0.1) is 5.10 Å². The minimum absolute atomic E-state index is 0.0406. The van der Waals surface area contributed by atoms with Crippen molar-refractivity contribution >= 4 is 23.6 Å². The average Bonchev–Trinajstić information content (AvgIpc) is 3.46. The van der Waals surface area contributed by atoms with E-state index in [-0.39, 0.29) is 34.3 Å². The molecule has 0 saturated heterocycles. The SMILES string of the molecule is CCOc1ccc(-c2c(C(=O)N/N=C/c3ccccc3[N+](=O)[O-])nnn2-c2nonc2N)cc1. The highest BCUT2D eigenvalue weighted by molar-refractivity contribution is 5.99. The normalized spacial score (nSPS) is 11.0. The van der Waals surface area contributed by atoms with Gasteiger partial charge in [0.2, 0.25) is 11.6 Å². The van der Waals surface area contributed by atoms with Gasteiger partial charge in [0.25, 0.3) is 11.6 Å². The van der Waals surface area contributed by atoms with Crippen LogP contribution in [0.4, 0.5) is 11.5 Å². The molecule has 0 spiro atoms. The Morgan fingerprint density at radius 2 is 2.03 bits per heavy atom. The van der Waals surface area contributed by atoms with E-state index in [0.717, 1.165) is 6.21 Å². The Labute approximate surface area is 191 Å². The van der Waals surface area contributed by atoms with E-state index in [0.29, 0.717) is 17.9 Å². The fourth-order valence-electron chi connectivity index (χ4n) is 3.03. The van der Waals surface area contributed by atoms with E-state index in [2.05, 4.69) is 35.8 Å². The van der Waals surface area contributed by atoms with Crippen molar-refractivity contribution in [3.8, 4) is 22.8 Å². The number of benzene rings is 2. The van der Waals surface area contributed by atoms with E-state index in [1.54, 1.807) is 30.3 Å². The lowest BCUT2D eigenvalue weighted by Gasteiger charge is -2.07. The summed E-state index contributed by atoms with van der Waals surface area (Å²) in [6.45, 7) is 2.35. The molecule has 0 saturated carbocycles.